The topological polar surface area (TPSA) is 90.7 Å². The van der Waals surface area contributed by atoms with Gasteiger partial charge in [-0.25, -0.2) is 0 Å². The summed E-state index contributed by atoms with van der Waals surface area (Å²) in [4.78, 5) is 23.2. The predicted octanol–water partition coefficient (Wildman–Crippen LogP) is 3.19. The number of para-hydroxylation sites is 1. The van der Waals surface area contributed by atoms with Gasteiger partial charge in [0.05, 0.1) is 11.0 Å². The summed E-state index contributed by atoms with van der Waals surface area (Å²) in [5.41, 5.74) is 2.01. The fraction of sp³-hybridized carbons (Fsp3) is 0.188. The largest absolute Gasteiger partial charge is 0.454 e. The van der Waals surface area contributed by atoms with Crippen molar-refractivity contribution >= 4 is 17.3 Å². The maximum atomic E-state index is 12.5. The molecule has 0 radical (unpaired) electrons. The minimum Gasteiger partial charge on any atom is -0.454 e. The summed E-state index contributed by atoms with van der Waals surface area (Å²) in [6.07, 6.45) is 0. The molecule has 118 valence electrons. The lowest BCUT2D eigenvalue weighted by Gasteiger charge is -2.12. The number of hydrogen-bond acceptors (Lipinski definition) is 5. The lowest BCUT2D eigenvalue weighted by atomic mass is 10.1. The average Bonchev–Trinajstić information content (AvgIpc) is 2.97. The Hall–Kier alpha value is -3.09. The molecule has 0 saturated heterocycles. The number of ether oxygens (including phenoxy) is 2. The van der Waals surface area contributed by atoms with Crippen molar-refractivity contribution < 1.29 is 19.2 Å². The van der Waals surface area contributed by atoms with Crippen molar-refractivity contribution in [3.8, 4) is 11.5 Å². The molecule has 2 aromatic carbocycles. The summed E-state index contributed by atoms with van der Waals surface area (Å²) in [6, 6.07) is 8.14. The van der Waals surface area contributed by atoms with Gasteiger partial charge < -0.3 is 14.8 Å². The molecule has 0 bridgehead atoms. The molecule has 2 aromatic rings. The second-order valence-corrected chi connectivity index (χ2v) is 5.20. The smallest absolute Gasteiger partial charge is 0.286 e. The van der Waals surface area contributed by atoms with Crippen LogP contribution in [-0.4, -0.2) is 17.6 Å². The SMILES string of the molecule is Cc1cccc(C)c1NC(=O)c1cc2c(cc1[N+](=O)[O-])OCO2. The Morgan fingerprint density at radius 2 is 1.78 bits per heavy atom. The minimum absolute atomic E-state index is 0.0194. The first-order valence-corrected chi connectivity index (χ1v) is 6.93. The van der Waals surface area contributed by atoms with Gasteiger partial charge in [-0.2, -0.15) is 0 Å². The number of rotatable bonds is 3. The molecule has 0 fully saturated rings. The second-order valence-electron chi connectivity index (χ2n) is 5.20. The highest BCUT2D eigenvalue weighted by Gasteiger charge is 2.27. The number of hydrogen-bond donors (Lipinski definition) is 1. The fourth-order valence-corrected chi connectivity index (χ4v) is 2.46. The second kappa shape index (κ2) is 5.60. The number of fused-ring (bicyclic) bond motifs is 1. The monoisotopic (exact) mass is 314 g/mol. The van der Waals surface area contributed by atoms with E-state index in [1.54, 1.807) is 0 Å². The number of nitrogens with one attached hydrogen (secondary N) is 1. The molecule has 3 rings (SSSR count). The fourth-order valence-electron chi connectivity index (χ4n) is 2.46. The molecule has 0 aliphatic carbocycles. The maximum Gasteiger partial charge on any atom is 0.286 e. The van der Waals surface area contributed by atoms with Gasteiger partial charge in [0.1, 0.15) is 5.56 Å². The van der Waals surface area contributed by atoms with Gasteiger partial charge in [-0.3, -0.25) is 14.9 Å². The van der Waals surface area contributed by atoms with Crippen LogP contribution in [0, 0.1) is 24.0 Å². The van der Waals surface area contributed by atoms with Crippen LogP contribution in [0.15, 0.2) is 30.3 Å². The van der Waals surface area contributed by atoms with Crippen molar-refractivity contribution in [2.45, 2.75) is 13.8 Å². The highest BCUT2D eigenvalue weighted by Crippen LogP contribution is 2.38. The number of nitrogens with zero attached hydrogens (tertiary/aromatic N) is 1. The number of carbonyl (C=O) groups excluding carboxylic acids is 1. The summed E-state index contributed by atoms with van der Waals surface area (Å²) in [7, 11) is 0. The van der Waals surface area contributed by atoms with Crippen LogP contribution >= 0.6 is 0 Å². The van der Waals surface area contributed by atoms with Gasteiger partial charge in [0.25, 0.3) is 11.6 Å². The summed E-state index contributed by atoms with van der Waals surface area (Å²) in [5, 5.41) is 14.0. The molecule has 1 N–H and O–H groups in total. The molecule has 0 aromatic heterocycles. The highest BCUT2D eigenvalue weighted by atomic mass is 16.7. The number of nitro groups is 1. The van der Waals surface area contributed by atoms with Gasteiger partial charge >= 0.3 is 0 Å². The van der Waals surface area contributed by atoms with Crippen LogP contribution in [0.3, 0.4) is 0 Å². The number of aryl methyl sites for hydroxylation is 2. The zero-order valence-electron chi connectivity index (χ0n) is 12.6. The van der Waals surface area contributed by atoms with Crippen LogP contribution in [0.2, 0.25) is 0 Å². The quantitative estimate of drug-likeness (QED) is 0.694. The van der Waals surface area contributed by atoms with E-state index in [1.165, 1.54) is 12.1 Å². The van der Waals surface area contributed by atoms with Crippen molar-refractivity contribution in [2.24, 2.45) is 0 Å². The van der Waals surface area contributed by atoms with E-state index in [9.17, 15) is 14.9 Å². The third-order valence-corrected chi connectivity index (χ3v) is 3.65. The third kappa shape index (κ3) is 2.68. The van der Waals surface area contributed by atoms with Gasteiger partial charge in [-0.05, 0) is 25.0 Å². The molecule has 1 aliphatic heterocycles. The molecule has 1 aliphatic rings. The Labute approximate surface area is 132 Å². The first-order chi connectivity index (χ1) is 11.0. The number of benzene rings is 2. The van der Waals surface area contributed by atoms with Gasteiger partial charge in [0.15, 0.2) is 11.5 Å². The van der Waals surface area contributed by atoms with E-state index in [2.05, 4.69) is 5.32 Å². The lowest BCUT2D eigenvalue weighted by Crippen LogP contribution is -2.15. The van der Waals surface area contributed by atoms with Crippen LogP contribution < -0.4 is 14.8 Å². The molecular formula is C16H14N2O5. The van der Waals surface area contributed by atoms with E-state index in [4.69, 9.17) is 9.47 Å². The zero-order valence-corrected chi connectivity index (χ0v) is 12.6. The van der Waals surface area contributed by atoms with E-state index >= 15 is 0 Å². The third-order valence-electron chi connectivity index (χ3n) is 3.65. The van der Waals surface area contributed by atoms with E-state index in [-0.39, 0.29) is 23.8 Å². The number of carbonyl (C=O) groups is 1. The normalized spacial score (nSPS) is 12.1. The van der Waals surface area contributed by atoms with Crippen LogP contribution in [0.1, 0.15) is 21.5 Å². The lowest BCUT2D eigenvalue weighted by molar-refractivity contribution is -0.385. The Balaban J connectivity index is 2.01. The first kappa shape index (κ1) is 14.8. The van der Waals surface area contributed by atoms with Crippen LogP contribution in [0.25, 0.3) is 0 Å². The van der Waals surface area contributed by atoms with Gasteiger partial charge in [0.2, 0.25) is 6.79 Å². The molecule has 0 atom stereocenters. The van der Waals surface area contributed by atoms with Crippen molar-refractivity contribution in [2.75, 3.05) is 12.1 Å². The Morgan fingerprint density at radius 1 is 1.17 bits per heavy atom. The van der Waals surface area contributed by atoms with Crippen LogP contribution in [0.4, 0.5) is 11.4 Å². The molecule has 7 heteroatoms. The molecule has 0 spiro atoms. The summed E-state index contributed by atoms with van der Waals surface area (Å²) >= 11 is 0. The first-order valence-electron chi connectivity index (χ1n) is 6.93. The van der Waals surface area contributed by atoms with E-state index in [0.29, 0.717) is 11.4 Å². The maximum absolute atomic E-state index is 12.5. The molecule has 1 amide bonds. The van der Waals surface area contributed by atoms with Crippen LogP contribution in [0.5, 0.6) is 11.5 Å². The van der Waals surface area contributed by atoms with Gasteiger partial charge in [-0.15, -0.1) is 0 Å². The molecule has 23 heavy (non-hydrogen) atoms. The molecule has 1 heterocycles. The minimum atomic E-state index is -0.610. The Kier molecular flexibility index (Phi) is 3.61. The summed E-state index contributed by atoms with van der Waals surface area (Å²) in [6.45, 7) is 3.70. The van der Waals surface area contributed by atoms with Crippen molar-refractivity contribution in [1.82, 2.24) is 0 Å². The molecule has 7 nitrogen and oxygen atoms in total. The Bertz CT molecular complexity index is 796. The Morgan fingerprint density at radius 3 is 2.39 bits per heavy atom. The average molecular weight is 314 g/mol. The van der Waals surface area contributed by atoms with Crippen molar-refractivity contribution in [3.63, 3.8) is 0 Å². The van der Waals surface area contributed by atoms with E-state index in [1.807, 2.05) is 32.0 Å². The number of anilines is 1. The predicted molar refractivity (Wildman–Crippen MR) is 83.1 cm³/mol. The van der Waals surface area contributed by atoms with Crippen molar-refractivity contribution in [3.05, 3.63) is 57.1 Å². The number of nitro benzene ring substituents is 1. The van der Waals surface area contributed by atoms with Crippen LogP contribution in [-0.2, 0) is 0 Å². The van der Waals surface area contributed by atoms with E-state index in [0.717, 1.165) is 11.1 Å². The van der Waals surface area contributed by atoms with Gasteiger partial charge in [0, 0.05) is 11.8 Å². The standard InChI is InChI=1S/C16H14N2O5/c1-9-4-3-5-10(2)15(9)17-16(19)11-6-13-14(23-8-22-13)7-12(11)18(20)21/h3-7H,8H2,1-2H3,(H,17,19). The number of amides is 1. The molecule has 0 unspecified atom stereocenters. The van der Waals surface area contributed by atoms with Crippen molar-refractivity contribution in [1.29, 1.82) is 0 Å². The molecular weight excluding hydrogens is 300 g/mol. The highest BCUT2D eigenvalue weighted by molar-refractivity contribution is 6.08. The summed E-state index contributed by atoms with van der Waals surface area (Å²) in [5.74, 6) is 0.0231. The van der Waals surface area contributed by atoms with Gasteiger partial charge in [-0.1, -0.05) is 18.2 Å². The molecule has 0 saturated carbocycles. The summed E-state index contributed by atoms with van der Waals surface area (Å²) < 4.78 is 10.3. The van der Waals surface area contributed by atoms with E-state index < -0.39 is 10.8 Å². The zero-order chi connectivity index (χ0) is 16.6.